The summed E-state index contributed by atoms with van der Waals surface area (Å²) in [5, 5.41) is 21.4. The van der Waals surface area contributed by atoms with E-state index in [2.05, 4.69) is 52.8 Å². The molecule has 30 heavy (non-hydrogen) atoms. The van der Waals surface area contributed by atoms with Crippen LogP contribution < -0.4 is 0 Å². The Morgan fingerprint density at radius 1 is 1.27 bits per heavy atom. The van der Waals surface area contributed by atoms with Gasteiger partial charge in [-0.2, -0.15) is 11.8 Å². The molecule has 3 aliphatic rings. The third-order valence-corrected chi connectivity index (χ3v) is 10.0. The van der Waals surface area contributed by atoms with E-state index in [1.807, 2.05) is 11.8 Å². The molecule has 2 nitrogen and oxygen atoms in total. The molecule has 0 amide bonds. The molecule has 3 heteroatoms. The largest absolute Gasteiger partial charge is 0.393 e. The monoisotopic (exact) mass is 432 g/mol. The van der Waals surface area contributed by atoms with Crippen LogP contribution in [0.25, 0.3) is 0 Å². The zero-order valence-electron chi connectivity index (χ0n) is 19.9. The average Bonchev–Trinajstić information content (AvgIpc) is 3.10. The Balaban J connectivity index is 1.68. The molecule has 3 aliphatic carbocycles. The van der Waals surface area contributed by atoms with E-state index in [4.69, 9.17) is 0 Å². The van der Waals surface area contributed by atoms with Crippen LogP contribution in [-0.4, -0.2) is 32.9 Å². The first-order valence-electron chi connectivity index (χ1n) is 12.3. The van der Waals surface area contributed by atoms with E-state index in [1.54, 1.807) is 11.1 Å². The van der Waals surface area contributed by atoms with Gasteiger partial charge in [0.15, 0.2) is 0 Å². The highest BCUT2D eigenvalue weighted by Gasteiger charge is 2.46. The fourth-order valence-electron chi connectivity index (χ4n) is 5.86. The summed E-state index contributed by atoms with van der Waals surface area (Å²) in [6.45, 7) is 11.2. The van der Waals surface area contributed by atoms with Crippen molar-refractivity contribution in [3.8, 4) is 0 Å². The number of allylic oxidation sites excluding steroid dienone is 4. The van der Waals surface area contributed by atoms with E-state index in [1.165, 1.54) is 24.8 Å². The SMILES string of the molecule is CCC(O)(CC)CSC(C)C1=CCC2/C(=C/C=C3/CCC(C)C(O)C3)CCCC12C. The molecule has 3 rings (SSSR count). The van der Waals surface area contributed by atoms with Crippen molar-refractivity contribution < 1.29 is 10.2 Å². The number of aliphatic hydroxyl groups is 2. The summed E-state index contributed by atoms with van der Waals surface area (Å²) in [6, 6.07) is 0. The Morgan fingerprint density at radius 2 is 2.00 bits per heavy atom. The molecule has 0 spiro atoms. The summed E-state index contributed by atoms with van der Waals surface area (Å²) in [6.07, 6.45) is 16.8. The summed E-state index contributed by atoms with van der Waals surface area (Å²) >= 11 is 1.94. The number of thioether (sulfide) groups is 1. The van der Waals surface area contributed by atoms with Gasteiger partial charge in [0.05, 0.1) is 11.7 Å². The highest BCUT2D eigenvalue weighted by molar-refractivity contribution is 8.00. The van der Waals surface area contributed by atoms with Gasteiger partial charge in [-0.1, -0.05) is 62.6 Å². The predicted octanol–water partition coefficient (Wildman–Crippen LogP) is 6.83. The first kappa shape index (κ1) is 24.1. The van der Waals surface area contributed by atoms with Gasteiger partial charge >= 0.3 is 0 Å². The Morgan fingerprint density at radius 3 is 2.67 bits per heavy atom. The van der Waals surface area contributed by atoms with Crippen LogP contribution >= 0.6 is 11.8 Å². The first-order chi connectivity index (χ1) is 14.2. The van der Waals surface area contributed by atoms with Crippen molar-refractivity contribution in [2.24, 2.45) is 17.3 Å². The van der Waals surface area contributed by atoms with Crippen molar-refractivity contribution in [3.05, 3.63) is 34.9 Å². The van der Waals surface area contributed by atoms with Crippen LogP contribution in [0, 0.1) is 17.3 Å². The third kappa shape index (κ3) is 5.10. The maximum absolute atomic E-state index is 10.7. The second-order valence-electron chi connectivity index (χ2n) is 10.5. The van der Waals surface area contributed by atoms with Crippen molar-refractivity contribution in [3.63, 3.8) is 0 Å². The molecule has 5 unspecified atom stereocenters. The molecule has 0 aromatic carbocycles. The van der Waals surface area contributed by atoms with Gasteiger partial charge in [-0.05, 0) is 82.0 Å². The van der Waals surface area contributed by atoms with Gasteiger partial charge in [-0.3, -0.25) is 0 Å². The van der Waals surface area contributed by atoms with Gasteiger partial charge in [0.2, 0.25) is 0 Å². The molecule has 2 N–H and O–H groups in total. The molecule has 0 aromatic heterocycles. The minimum absolute atomic E-state index is 0.164. The molecular formula is C27H44O2S. The standard InChI is InChI=1S/C27H44O2S/c1-6-27(29,7-2)18-30-20(4)23-14-15-24-22(9-8-16-26(23,24)5)13-12-21-11-10-19(3)25(28)17-21/h12-14,19-20,24-25,28-29H,6-11,15-18H2,1-5H3/b21-12-,22-13+. The molecule has 2 saturated carbocycles. The van der Waals surface area contributed by atoms with Crippen LogP contribution in [0.4, 0.5) is 0 Å². The Hall–Kier alpha value is -0.510. The molecule has 2 fully saturated rings. The second kappa shape index (κ2) is 9.96. The van der Waals surface area contributed by atoms with Gasteiger partial charge in [0, 0.05) is 11.0 Å². The van der Waals surface area contributed by atoms with E-state index < -0.39 is 5.60 Å². The highest BCUT2D eigenvalue weighted by Crippen LogP contribution is 2.57. The van der Waals surface area contributed by atoms with Gasteiger partial charge < -0.3 is 10.2 Å². The first-order valence-corrected chi connectivity index (χ1v) is 13.4. The maximum Gasteiger partial charge on any atom is 0.0732 e. The van der Waals surface area contributed by atoms with Crippen molar-refractivity contribution in [1.29, 1.82) is 0 Å². The molecule has 0 aromatic rings. The Bertz CT molecular complexity index is 687. The van der Waals surface area contributed by atoms with Gasteiger partial charge in [-0.25, -0.2) is 0 Å². The lowest BCUT2D eigenvalue weighted by molar-refractivity contribution is 0.0571. The zero-order valence-corrected chi connectivity index (χ0v) is 20.7. The molecular weight excluding hydrogens is 388 g/mol. The van der Waals surface area contributed by atoms with Crippen molar-refractivity contribution in [2.45, 2.75) is 109 Å². The smallest absolute Gasteiger partial charge is 0.0732 e. The van der Waals surface area contributed by atoms with E-state index >= 15 is 0 Å². The molecule has 0 saturated heterocycles. The lowest BCUT2D eigenvalue weighted by atomic mass is 9.64. The van der Waals surface area contributed by atoms with Crippen LogP contribution in [0.15, 0.2) is 34.9 Å². The quantitative estimate of drug-likeness (QED) is 0.433. The number of rotatable bonds is 7. The van der Waals surface area contributed by atoms with E-state index in [-0.39, 0.29) is 11.5 Å². The lowest BCUT2D eigenvalue weighted by Crippen LogP contribution is -2.35. The fraction of sp³-hybridized carbons (Fsp3) is 0.778. The topological polar surface area (TPSA) is 40.5 Å². The minimum atomic E-state index is -0.524. The summed E-state index contributed by atoms with van der Waals surface area (Å²) in [5.41, 5.74) is 4.41. The van der Waals surface area contributed by atoms with Gasteiger partial charge in [0.25, 0.3) is 0 Å². The normalized spacial score (nSPS) is 36.1. The van der Waals surface area contributed by atoms with Crippen LogP contribution in [-0.2, 0) is 0 Å². The van der Waals surface area contributed by atoms with Crippen LogP contribution in [0.3, 0.4) is 0 Å². The number of fused-ring (bicyclic) bond motifs is 1. The molecule has 0 heterocycles. The van der Waals surface area contributed by atoms with Gasteiger partial charge in [-0.15, -0.1) is 0 Å². The Labute approximate surface area is 189 Å². The molecule has 5 atom stereocenters. The summed E-state index contributed by atoms with van der Waals surface area (Å²) in [7, 11) is 0. The van der Waals surface area contributed by atoms with E-state index in [0.29, 0.717) is 17.1 Å². The predicted molar refractivity (Wildman–Crippen MR) is 131 cm³/mol. The molecule has 0 bridgehead atoms. The molecule has 0 aliphatic heterocycles. The molecule has 170 valence electrons. The van der Waals surface area contributed by atoms with Crippen molar-refractivity contribution in [2.75, 3.05) is 5.75 Å². The van der Waals surface area contributed by atoms with E-state index in [9.17, 15) is 10.2 Å². The average molecular weight is 433 g/mol. The third-order valence-electron chi connectivity index (χ3n) is 8.55. The Kier molecular flexibility index (Phi) is 8.02. The number of hydrogen-bond acceptors (Lipinski definition) is 3. The minimum Gasteiger partial charge on any atom is -0.393 e. The van der Waals surface area contributed by atoms with Crippen molar-refractivity contribution >= 4 is 11.8 Å². The maximum atomic E-state index is 10.7. The lowest BCUT2D eigenvalue weighted by Gasteiger charge is -2.42. The summed E-state index contributed by atoms with van der Waals surface area (Å²) in [5.74, 6) is 1.89. The number of hydrogen-bond donors (Lipinski definition) is 2. The van der Waals surface area contributed by atoms with Crippen LogP contribution in [0.5, 0.6) is 0 Å². The summed E-state index contributed by atoms with van der Waals surface area (Å²) < 4.78 is 0. The highest BCUT2D eigenvalue weighted by atomic mass is 32.2. The fourth-order valence-corrected chi connectivity index (χ4v) is 7.37. The van der Waals surface area contributed by atoms with Gasteiger partial charge in [0.1, 0.15) is 0 Å². The zero-order chi connectivity index (χ0) is 21.9. The molecule has 0 radical (unpaired) electrons. The summed E-state index contributed by atoms with van der Waals surface area (Å²) in [4.78, 5) is 0. The van der Waals surface area contributed by atoms with E-state index in [0.717, 1.165) is 44.3 Å². The van der Waals surface area contributed by atoms with Crippen LogP contribution in [0.1, 0.15) is 92.4 Å². The van der Waals surface area contributed by atoms with Crippen LogP contribution in [0.2, 0.25) is 0 Å². The number of aliphatic hydroxyl groups excluding tert-OH is 1. The second-order valence-corrected chi connectivity index (χ2v) is 11.8. The van der Waals surface area contributed by atoms with Crippen molar-refractivity contribution in [1.82, 2.24) is 0 Å².